The normalized spacial score (nSPS) is 12.2. The van der Waals surface area contributed by atoms with Crippen LogP contribution in [0.4, 0.5) is 0 Å². The molecule has 0 amide bonds. The van der Waals surface area contributed by atoms with Crippen LogP contribution in [-0.2, 0) is 5.41 Å². The first-order valence-electron chi connectivity index (χ1n) is 12.6. The van der Waals surface area contributed by atoms with Gasteiger partial charge in [-0.25, -0.2) is 0 Å². The zero-order valence-corrected chi connectivity index (χ0v) is 20.8. The van der Waals surface area contributed by atoms with Crippen molar-refractivity contribution in [1.82, 2.24) is 0 Å². The van der Waals surface area contributed by atoms with Gasteiger partial charge in [0.05, 0.1) is 5.41 Å². The summed E-state index contributed by atoms with van der Waals surface area (Å²) < 4.78 is 0. The van der Waals surface area contributed by atoms with Crippen molar-refractivity contribution < 1.29 is 15.3 Å². The maximum absolute atomic E-state index is 11.3. The first-order chi connectivity index (χ1) is 18.1. The molecule has 0 aromatic heterocycles. The molecule has 0 radical (unpaired) electrons. The van der Waals surface area contributed by atoms with Gasteiger partial charge in [-0.15, -0.1) is 0 Å². The number of benzene rings is 5. The molecule has 1 atom stereocenters. The van der Waals surface area contributed by atoms with Crippen LogP contribution in [0.3, 0.4) is 0 Å². The van der Waals surface area contributed by atoms with E-state index in [2.05, 4.69) is 19.1 Å². The summed E-state index contributed by atoms with van der Waals surface area (Å²) in [6.07, 6.45) is 0.751. The molecule has 0 saturated carbocycles. The molecule has 5 rings (SSSR count). The second-order valence-corrected chi connectivity index (χ2v) is 9.26. The Bertz CT molecular complexity index is 1460. The Labute approximate surface area is 218 Å². The molecule has 37 heavy (non-hydrogen) atoms. The maximum Gasteiger partial charge on any atom is 0.120 e. The van der Waals surface area contributed by atoms with Crippen LogP contribution in [0.1, 0.15) is 52.6 Å². The molecular formula is C34H30O3. The highest BCUT2D eigenvalue weighted by Gasteiger charge is 2.44. The lowest BCUT2D eigenvalue weighted by Crippen LogP contribution is -2.33. The molecule has 5 aromatic rings. The van der Waals surface area contributed by atoms with E-state index in [-0.39, 0.29) is 23.2 Å². The first kappa shape index (κ1) is 24.2. The molecule has 0 fully saturated rings. The molecule has 3 nitrogen and oxygen atoms in total. The van der Waals surface area contributed by atoms with Crippen molar-refractivity contribution in [2.24, 2.45) is 0 Å². The highest BCUT2D eigenvalue weighted by atomic mass is 16.3. The molecule has 0 aliphatic carbocycles. The van der Waals surface area contributed by atoms with Crippen LogP contribution < -0.4 is 0 Å². The number of rotatable bonds is 7. The van der Waals surface area contributed by atoms with Gasteiger partial charge in [-0.2, -0.15) is 0 Å². The van der Waals surface area contributed by atoms with E-state index >= 15 is 0 Å². The van der Waals surface area contributed by atoms with Gasteiger partial charge in [0.2, 0.25) is 0 Å². The minimum Gasteiger partial charge on any atom is -0.508 e. The Morgan fingerprint density at radius 1 is 0.486 bits per heavy atom. The van der Waals surface area contributed by atoms with Gasteiger partial charge < -0.3 is 15.3 Å². The summed E-state index contributed by atoms with van der Waals surface area (Å²) in [5.41, 5.74) is 4.00. The van der Waals surface area contributed by atoms with E-state index in [9.17, 15) is 15.3 Å². The lowest BCUT2D eigenvalue weighted by Gasteiger charge is -2.39. The monoisotopic (exact) mass is 486 g/mol. The lowest BCUT2D eigenvalue weighted by atomic mass is 9.62. The third kappa shape index (κ3) is 4.13. The number of phenols is 3. The zero-order valence-electron chi connectivity index (χ0n) is 20.8. The Morgan fingerprint density at radius 2 is 0.919 bits per heavy atom. The first-order valence-corrected chi connectivity index (χ1v) is 12.6. The smallest absolute Gasteiger partial charge is 0.120 e. The third-order valence-corrected chi connectivity index (χ3v) is 7.28. The predicted molar refractivity (Wildman–Crippen MR) is 148 cm³/mol. The highest BCUT2D eigenvalue weighted by Crippen LogP contribution is 2.53. The van der Waals surface area contributed by atoms with Gasteiger partial charge in [0.25, 0.3) is 0 Å². The molecule has 0 heterocycles. The predicted octanol–water partition coefficient (Wildman–Crippen LogP) is 7.73. The van der Waals surface area contributed by atoms with Crippen molar-refractivity contribution in [3.63, 3.8) is 0 Å². The average Bonchev–Trinajstić information content (AvgIpc) is 2.94. The second-order valence-electron chi connectivity index (χ2n) is 9.26. The highest BCUT2D eigenvalue weighted by molar-refractivity contribution is 5.67. The van der Waals surface area contributed by atoms with Gasteiger partial charge >= 0.3 is 0 Å². The second kappa shape index (κ2) is 10.2. The summed E-state index contributed by atoms with van der Waals surface area (Å²) >= 11 is 0. The van der Waals surface area contributed by atoms with Gasteiger partial charge in [-0.3, -0.25) is 0 Å². The minimum atomic E-state index is -1.04. The fourth-order valence-electron chi connectivity index (χ4n) is 5.70. The van der Waals surface area contributed by atoms with Crippen LogP contribution >= 0.6 is 0 Å². The SMILES string of the molecule is CCC(c1ccccc1O)c1ccccc1C(c1ccccc1)(c1ccccc1O)c1ccccc1O. The summed E-state index contributed by atoms with van der Waals surface area (Å²) in [6.45, 7) is 2.11. The average molecular weight is 487 g/mol. The largest absolute Gasteiger partial charge is 0.508 e. The Kier molecular flexibility index (Phi) is 6.70. The minimum absolute atomic E-state index is 0.114. The topological polar surface area (TPSA) is 60.7 Å². The fraction of sp³-hybridized carbons (Fsp3) is 0.118. The van der Waals surface area contributed by atoms with Crippen LogP contribution in [0, 0.1) is 0 Å². The maximum atomic E-state index is 11.3. The quantitative estimate of drug-likeness (QED) is 0.206. The molecule has 0 aliphatic heterocycles. The Morgan fingerprint density at radius 3 is 1.43 bits per heavy atom. The van der Waals surface area contributed by atoms with E-state index < -0.39 is 5.41 Å². The van der Waals surface area contributed by atoms with Crippen LogP contribution in [0.15, 0.2) is 127 Å². The summed E-state index contributed by atoms with van der Waals surface area (Å²) in [7, 11) is 0. The molecule has 0 saturated heterocycles. The van der Waals surface area contributed by atoms with Crippen LogP contribution in [0.25, 0.3) is 0 Å². The molecular weight excluding hydrogens is 456 g/mol. The summed E-state index contributed by atoms with van der Waals surface area (Å²) in [4.78, 5) is 0. The number of hydrogen-bond donors (Lipinski definition) is 3. The summed E-state index contributed by atoms with van der Waals surface area (Å²) in [6, 6.07) is 40.3. The van der Waals surface area contributed by atoms with Crippen molar-refractivity contribution in [1.29, 1.82) is 0 Å². The third-order valence-electron chi connectivity index (χ3n) is 7.28. The summed E-state index contributed by atoms with van der Waals surface area (Å²) in [5.74, 6) is 0.414. The van der Waals surface area contributed by atoms with Crippen LogP contribution in [0.2, 0.25) is 0 Å². The molecule has 184 valence electrons. The van der Waals surface area contributed by atoms with Crippen LogP contribution in [-0.4, -0.2) is 15.3 Å². The molecule has 5 aromatic carbocycles. The van der Waals surface area contributed by atoms with Crippen LogP contribution in [0.5, 0.6) is 17.2 Å². The van der Waals surface area contributed by atoms with E-state index in [4.69, 9.17) is 0 Å². The fourth-order valence-corrected chi connectivity index (χ4v) is 5.70. The van der Waals surface area contributed by atoms with Gasteiger partial charge in [0.15, 0.2) is 0 Å². The van der Waals surface area contributed by atoms with E-state index in [1.54, 1.807) is 18.2 Å². The number of phenolic OH excluding ortho intramolecular Hbond substituents is 3. The number of hydrogen-bond acceptors (Lipinski definition) is 3. The standard InChI is InChI=1S/C34H30O3/c1-2-25(27-17-7-11-21-31(27)35)26-16-6-8-18-28(26)34(24-14-4-3-5-15-24,29-19-9-12-22-32(29)36)30-20-10-13-23-33(30)37/h3-23,25,35-37H,2H2,1H3. The molecule has 0 spiro atoms. The Balaban J connectivity index is 1.95. The molecule has 0 aliphatic rings. The van der Waals surface area contributed by atoms with Crippen molar-refractivity contribution >= 4 is 0 Å². The van der Waals surface area contributed by atoms with Gasteiger partial charge in [0, 0.05) is 22.6 Å². The lowest BCUT2D eigenvalue weighted by molar-refractivity contribution is 0.445. The van der Waals surface area contributed by atoms with Crippen molar-refractivity contribution in [2.75, 3.05) is 0 Å². The Hall–Kier alpha value is -4.50. The molecule has 3 N–H and O–H groups in total. The number of para-hydroxylation sites is 3. The van der Waals surface area contributed by atoms with Gasteiger partial charge in [-0.1, -0.05) is 116 Å². The van der Waals surface area contributed by atoms with Crippen molar-refractivity contribution in [3.8, 4) is 17.2 Å². The van der Waals surface area contributed by atoms with E-state index in [0.717, 1.165) is 28.7 Å². The number of aromatic hydroxyl groups is 3. The van der Waals surface area contributed by atoms with Gasteiger partial charge in [0.1, 0.15) is 17.2 Å². The van der Waals surface area contributed by atoms with Crippen molar-refractivity contribution in [3.05, 3.63) is 161 Å². The van der Waals surface area contributed by atoms with E-state index in [1.807, 2.05) is 97.1 Å². The van der Waals surface area contributed by atoms with Crippen molar-refractivity contribution in [2.45, 2.75) is 24.7 Å². The molecule has 3 heteroatoms. The van der Waals surface area contributed by atoms with Gasteiger partial charge in [-0.05, 0) is 41.3 Å². The van der Waals surface area contributed by atoms with E-state index in [0.29, 0.717) is 11.1 Å². The molecule has 0 bridgehead atoms. The van der Waals surface area contributed by atoms with E-state index in [1.165, 1.54) is 0 Å². The summed E-state index contributed by atoms with van der Waals surface area (Å²) in [5, 5.41) is 33.5. The zero-order chi connectivity index (χ0) is 25.8. The molecule has 1 unspecified atom stereocenters.